The van der Waals surface area contributed by atoms with Crippen molar-refractivity contribution in [2.24, 2.45) is 5.41 Å². The van der Waals surface area contributed by atoms with Gasteiger partial charge >= 0.3 is 0 Å². The highest BCUT2D eigenvalue weighted by molar-refractivity contribution is 5.86. The molecule has 0 aromatic rings. The summed E-state index contributed by atoms with van der Waals surface area (Å²) in [6.45, 7) is 7.18. The largest absolute Gasteiger partial charge is 0.392 e. The molecule has 3 fully saturated rings. The molecule has 22 heavy (non-hydrogen) atoms. The topological polar surface area (TPSA) is 61.8 Å². The molecule has 2 aliphatic heterocycles. The van der Waals surface area contributed by atoms with Crippen LogP contribution in [0.4, 0.5) is 0 Å². The fourth-order valence-corrected chi connectivity index (χ4v) is 4.53. The number of carbonyl (C=O) groups excluding carboxylic acids is 1. The number of aliphatic hydroxyl groups excluding tert-OH is 1. The van der Waals surface area contributed by atoms with Gasteiger partial charge in [0.1, 0.15) is 0 Å². The predicted octanol–water partition coefficient (Wildman–Crippen LogP) is 1.30. The number of ether oxygens (including phenoxy) is 1. The number of nitrogens with zero attached hydrogens (tertiary/aromatic N) is 1. The molecular formula is C17H30N2O3. The molecule has 2 saturated heterocycles. The molecule has 0 aromatic carbocycles. The average Bonchev–Trinajstić information content (AvgIpc) is 2.55. The number of carbonyl (C=O) groups is 1. The summed E-state index contributed by atoms with van der Waals surface area (Å²) in [7, 11) is 0. The fourth-order valence-electron chi connectivity index (χ4n) is 4.53. The first-order valence-electron chi connectivity index (χ1n) is 8.86. The van der Waals surface area contributed by atoms with Gasteiger partial charge in [-0.3, -0.25) is 4.79 Å². The smallest absolute Gasteiger partial charge is 0.242 e. The minimum atomic E-state index is -0.389. The lowest BCUT2D eigenvalue weighted by molar-refractivity contribution is -0.210. The van der Waals surface area contributed by atoms with Gasteiger partial charge in [0.15, 0.2) is 0 Å². The number of hydrogen-bond donors (Lipinski definition) is 2. The van der Waals surface area contributed by atoms with Crippen molar-refractivity contribution in [2.45, 2.75) is 70.1 Å². The Kier molecular flexibility index (Phi) is 4.49. The minimum Gasteiger partial charge on any atom is -0.392 e. The highest BCUT2D eigenvalue weighted by Crippen LogP contribution is 2.51. The van der Waals surface area contributed by atoms with Crippen molar-refractivity contribution >= 4 is 5.91 Å². The molecule has 126 valence electrons. The van der Waals surface area contributed by atoms with Gasteiger partial charge in [-0.05, 0) is 52.5 Å². The lowest BCUT2D eigenvalue weighted by atomic mass is 9.58. The van der Waals surface area contributed by atoms with Crippen LogP contribution in [-0.4, -0.2) is 59.9 Å². The van der Waals surface area contributed by atoms with E-state index in [0.29, 0.717) is 6.61 Å². The monoisotopic (exact) mass is 310 g/mol. The van der Waals surface area contributed by atoms with E-state index < -0.39 is 0 Å². The maximum absolute atomic E-state index is 12.9. The Morgan fingerprint density at radius 1 is 1.32 bits per heavy atom. The van der Waals surface area contributed by atoms with E-state index in [1.54, 1.807) is 0 Å². The second-order valence-electron chi connectivity index (χ2n) is 7.44. The SMILES string of the molecule is CCOC1CC(O)C12CCN(C(=O)C1(C)CCCCN1)CC2. The normalized spacial score (nSPS) is 37.9. The average molecular weight is 310 g/mol. The van der Waals surface area contributed by atoms with Crippen LogP contribution in [0.2, 0.25) is 0 Å². The van der Waals surface area contributed by atoms with E-state index in [0.717, 1.165) is 58.2 Å². The fraction of sp³-hybridized carbons (Fsp3) is 0.941. The van der Waals surface area contributed by atoms with Crippen molar-refractivity contribution in [3.63, 3.8) is 0 Å². The molecule has 1 amide bonds. The molecule has 3 aliphatic rings. The molecule has 0 bridgehead atoms. The maximum Gasteiger partial charge on any atom is 0.242 e. The summed E-state index contributed by atoms with van der Waals surface area (Å²) in [6, 6.07) is 0. The van der Waals surface area contributed by atoms with Crippen LogP contribution in [0, 0.1) is 5.41 Å². The van der Waals surface area contributed by atoms with Gasteiger partial charge in [0, 0.05) is 31.5 Å². The van der Waals surface area contributed by atoms with E-state index in [9.17, 15) is 9.90 Å². The zero-order valence-electron chi connectivity index (χ0n) is 13.9. The van der Waals surface area contributed by atoms with Crippen LogP contribution < -0.4 is 5.32 Å². The first kappa shape index (κ1) is 16.2. The number of piperidine rings is 2. The molecule has 1 saturated carbocycles. The minimum absolute atomic E-state index is 0.103. The summed E-state index contributed by atoms with van der Waals surface area (Å²) >= 11 is 0. The second kappa shape index (κ2) is 6.10. The molecule has 3 rings (SSSR count). The van der Waals surface area contributed by atoms with Crippen LogP contribution >= 0.6 is 0 Å². The lowest BCUT2D eigenvalue weighted by Crippen LogP contribution is -2.65. The van der Waals surface area contributed by atoms with Crippen molar-refractivity contribution in [2.75, 3.05) is 26.2 Å². The van der Waals surface area contributed by atoms with Gasteiger partial charge in [-0.25, -0.2) is 0 Å². The van der Waals surface area contributed by atoms with E-state index in [4.69, 9.17) is 4.74 Å². The predicted molar refractivity (Wildman–Crippen MR) is 84.5 cm³/mol. The van der Waals surface area contributed by atoms with Gasteiger partial charge in [-0.2, -0.15) is 0 Å². The Labute approximate surface area is 133 Å². The van der Waals surface area contributed by atoms with Gasteiger partial charge in [0.25, 0.3) is 0 Å². The number of amides is 1. The van der Waals surface area contributed by atoms with E-state index in [-0.39, 0.29) is 29.1 Å². The van der Waals surface area contributed by atoms with E-state index in [1.807, 2.05) is 18.7 Å². The molecule has 0 radical (unpaired) electrons. The summed E-state index contributed by atoms with van der Waals surface area (Å²) in [6.07, 6.45) is 5.60. The van der Waals surface area contributed by atoms with Gasteiger partial charge in [-0.15, -0.1) is 0 Å². The van der Waals surface area contributed by atoms with Crippen LogP contribution in [0.1, 0.15) is 52.4 Å². The van der Waals surface area contributed by atoms with Gasteiger partial charge in [0.05, 0.1) is 17.7 Å². The van der Waals surface area contributed by atoms with E-state index in [2.05, 4.69) is 5.32 Å². The summed E-state index contributed by atoms with van der Waals surface area (Å²) < 4.78 is 5.80. The molecule has 3 unspecified atom stereocenters. The number of rotatable bonds is 3. The highest BCUT2D eigenvalue weighted by atomic mass is 16.5. The first-order valence-corrected chi connectivity index (χ1v) is 8.86. The number of likely N-dealkylation sites (tertiary alicyclic amines) is 1. The standard InChI is InChI=1S/C17H30N2O3/c1-3-22-14-12-13(20)17(14)7-10-19(11-8-17)15(21)16(2)6-4-5-9-18-16/h13-14,18,20H,3-12H2,1-2H3. The van der Waals surface area contributed by atoms with Crippen LogP contribution in [0.5, 0.6) is 0 Å². The second-order valence-corrected chi connectivity index (χ2v) is 7.44. The highest BCUT2D eigenvalue weighted by Gasteiger charge is 2.56. The van der Waals surface area contributed by atoms with Crippen molar-refractivity contribution in [1.29, 1.82) is 0 Å². The molecule has 5 heteroatoms. The van der Waals surface area contributed by atoms with Gasteiger partial charge < -0.3 is 20.1 Å². The number of hydrogen-bond acceptors (Lipinski definition) is 4. The van der Waals surface area contributed by atoms with Crippen LogP contribution in [0.25, 0.3) is 0 Å². The third kappa shape index (κ3) is 2.57. The van der Waals surface area contributed by atoms with Crippen molar-refractivity contribution in [3.05, 3.63) is 0 Å². The third-order valence-corrected chi connectivity index (χ3v) is 6.18. The van der Waals surface area contributed by atoms with Crippen molar-refractivity contribution in [1.82, 2.24) is 10.2 Å². The molecule has 2 N–H and O–H groups in total. The molecule has 1 spiro atoms. The molecule has 1 aliphatic carbocycles. The number of aliphatic hydroxyl groups is 1. The Morgan fingerprint density at radius 2 is 2.05 bits per heavy atom. The molecule has 0 aromatic heterocycles. The van der Waals surface area contributed by atoms with Crippen molar-refractivity contribution in [3.8, 4) is 0 Å². The summed E-state index contributed by atoms with van der Waals surface area (Å²) in [5.74, 6) is 0.240. The van der Waals surface area contributed by atoms with Gasteiger partial charge in [0.2, 0.25) is 5.91 Å². The summed E-state index contributed by atoms with van der Waals surface area (Å²) in [5.41, 5.74) is -0.492. The van der Waals surface area contributed by atoms with Crippen LogP contribution in [0.3, 0.4) is 0 Å². The zero-order valence-corrected chi connectivity index (χ0v) is 13.9. The molecule has 2 heterocycles. The van der Waals surface area contributed by atoms with Gasteiger partial charge in [-0.1, -0.05) is 0 Å². The van der Waals surface area contributed by atoms with E-state index >= 15 is 0 Å². The zero-order chi connectivity index (χ0) is 15.8. The summed E-state index contributed by atoms with van der Waals surface area (Å²) in [4.78, 5) is 14.8. The van der Waals surface area contributed by atoms with Crippen molar-refractivity contribution < 1.29 is 14.6 Å². The lowest BCUT2D eigenvalue weighted by Gasteiger charge is -2.57. The molecule has 3 atom stereocenters. The maximum atomic E-state index is 12.9. The Balaban J connectivity index is 1.60. The Bertz CT molecular complexity index is 410. The first-order chi connectivity index (χ1) is 10.5. The third-order valence-electron chi connectivity index (χ3n) is 6.18. The summed E-state index contributed by atoms with van der Waals surface area (Å²) in [5, 5.41) is 13.7. The van der Waals surface area contributed by atoms with Crippen LogP contribution in [-0.2, 0) is 9.53 Å². The van der Waals surface area contributed by atoms with E-state index in [1.165, 1.54) is 0 Å². The Hall–Kier alpha value is -0.650. The molecule has 5 nitrogen and oxygen atoms in total. The molecular weight excluding hydrogens is 280 g/mol. The Morgan fingerprint density at radius 3 is 2.59 bits per heavy atom. The quantitative estimate of drug-likeness (QED) is 0.825. The number of nitrogens with one attached hydrogen (secondary N) is 1. The van der Waals surface area contributed by atoms with Crippen LogP contribution in [0.15, 0.2) is 0 Å².